The van der Waals surface area contributed by atoms with E-state index in [-0.39, 0.29) is 0 Å². The minimum atomic E-state index is 0.777. The molecule has 0 aromatic heterocycles. The Bertz CT molecular complexity index is 309. The molecule has 1 aliphatic heterocycles. The first kappa shape index (κ1) is 12.5. The third-order valence-electron chi connectivity index (χ3n) is 4.05. The molecular formula is C14H25N3. The average Bonchev–Trinajstić information content (AvgIpc) is 2.39. The Morgan fingerprint density at radius 3 is 2.35 bits per heavy atom. The van der Waals surface area contributed by atoms with Gasteiger partial charge in [0.15, 0.2) is 0 Å². The topological polar surface area (TPSA) is 18.5 Å². The number of allylic oxidation sites excluding steroid dienone is 4. The Kier molecular flexibility index (Phi) is 4.11. The van der Waals surface area contributed by atoms with Crippen LogP contribution in [0.15, 0.2) is 23.5 Å². The van der Waals surface area contributed by atoms with Crippen molar-refractivity contribution < 1.29 is 0 Å². The molecule has 0 saturated carbocycles. The second-order valence-electron chi connectivity index (χ2n) is 5.28. The molecule has 1 N–H and O–H groups in total. The van der Waals surface area contributed by atoms with E-state index in [4.69, 9.17) is 0 Å². The van der Waals surface area contributed by atoms with E-state index in [2.05, 4.69) is 41.4 Å². The van der Waals surface area contributed by atoms with Gasteiger partial charge < -0.3 is 15.1 Å². The predicted octanol–water partition coefficient (Wildman–Crippen LogP) is 1.79. The lowest BCUT2D eigenvalue weighted by Gasteiger charge is -2.38. The number of nitrogens with zero attached hydrogens (tertiary/aromatic N) is 2. The van der Waals surface area contributed by atoms with Crippen molar-refractivity contribution in [3.63, 3.8) is 0 Å². The van der Waals surface area contributed by atoms with Crippen molar-refractivity contribution in [1.82, 2.24) is 15.1 Å². The normalized spacial score (nSPS) is 22.5. The summed E-state index contributed by atoms with van der Waals surface area (Å²) in [5.74, 6) is 0. The molecule has 96 valence electrons. The zero-order valence-corrected chi connectivity index (χ0v) is 11.4. The summed E-state index contributed by atoms with van der Waals surface area (Å²) in [4.78, 5) is 4.94. The SMILES string of the molecule is CNC1=CC=C(N2CCC(N(C)C)CC2)CC1. The van der Waals surface area contributed by atoms with Crippen LogP contribution in [-0.4, -0.2) is 50.1 Å². The van der Waals surface area contributed by atoms with Gasteiger partial charge >= 0.3 is 0 Å². The van der Waals surface area contributed by atoms with Gasteiger partial charge in [0, 0.05) is 37.6 Å². The molecule has 1 aliphatic carbocycles. The number of likely N-dealkylation sites (tertiary alicyclic amines) is 1. The lowest BCUT2D eigenvalue weighted by Crippen LogP contribution is -2.41. The molecule has 0 amide bonds. The van der Waals surface area contributed by atoms with Gasteiger partial charge in [-0.2, -0.15) is 0 Å². The van der Waals surface area contributed by atoms with Crippen LogP contribution in [0, 0.1) is 0 Å². The summed E-state index contributed by atoms with van der Waals surface area (Å²) < 4.78 is 0. The molecule has 0 atom stereocenters. The monoisotopic (exact) mass is 235 g/mol. The van der Waals surface area contributed by atoms with Crippen molar-refractivity contribution in [3.05, 3.63) is 23.5 Å². The number of piperidine rings is 1. The van der Waals surface area contributed by atoms with Crippen molar-refractivity contribution >= 4 is 0 Å². The first-order valence-electron chi connectivity index (χ1n) is 6.69. The van der Waals surface area contributed by atoms with E-state index in [1.54, 1.807) is 0 Å². The minimum Gasteiger partial charge on any atom is -0.391 e. The molecule has 0 bridgehead atoms. The van der Waals surface area contributed by atoms with Gasteiger partial charge in [-0.1, -0.05) is 0 Å². The molecule has 3 nitrogen and oxygen atoms in total. The highest BCUT2D eigenvalue weighted by atomic mass is 15.2. The summed E-state index contributed by atoms with van der Waals surface area (Å²) in [6.07, 6.45) is 9.48. The maximum Gasteiger partial charge on any atom is 0.0189 e. The fourth-order valence-corrected chi connectivity index (χ4v) is 2.77. The molecule has 2 aliphatic rings. The molecule has 0 unspecified atom stereocenters. The van der Waals surface area contributed by atoms with Gasteiger partial charge in [0.05, 0.1) is 0 Å². The summed E-state index contributed by atoms with van der Waals surface area (Å²) in [5, 5.41) is 3.24. The molecule has 0 radical (unpaired) electrons. The molecule has 1 fully saturated rings. The zero-order valence-electron chi connectivity index (χ0n) is 11.4. The third-order valence-corrected chi connectivity index (χ3v) is 4.05. The van der Waals surface area contributed by atoms with Crippen LogP contribution in [-0.2, 0) is 0 Å². The maximum atomic E-state index is 3.24. The molecule has 3 heteroatoms. The van der Waals surface area contributed by atoms with E-state index in [9.17, 15) is 0 Å². The van der Waals surface area contributed by atoms with Gasteiger partial charge in [0.2, 0.25) is 0 Å². The number of hydrogen-bond donors (Lipinski definition) is 1. The molecule has 0 aromatic rings. The third kappa shape index (κ3) is 3.03. The van der Waals surface area contributed by atoms with Crippen molar-refractivity contribution in [2.24, 2.45) is 0 Å². The lowest BCUT2D eigenvalue weighted by molar-refractivity contribution is 0.167. The van der Waals surface area contributed by atoms with E-state index in [1.165, 1.54) is 43.7 Å². The highest BCUT2D eigenvalue weighted by molar-refractivity contribution is 5.22. The van der Waals surface area contributed by atoms with E-state index in [0.29, 0.717) is 0 Å². The van der Waals surface area contributed by atoms with Crippen LogP contribution in [0.2, 0.25) is 0 Å². The Labute approximate surface area is 105 Å². The van der Waals surface area contributed by atoms with Crippen LogP contribution >= 0.6 is 0 Å². The Morgan fingerprint density at radius 1 is 1.18 bits per heavy atom. The van der Waals surface area contributed by atoms with Gasteiger partial charge in [-0.3, -0.25) is 0 Å². The molecule has 2 rings (SSSR count). The molecule has 1 saturated heterocycles. The summed E-state index contributed by atoms with van der Waals surface area (Å²) in [7, 11) is 6.40. The highest BCUT2D eigenvalue weighted by Gasteiger charge is 2.22. The molecule has 0 aromatic carbocycles. The van der Waals surface area contributed by atoms with Crippen LogP contribution in [0.25, 0.3) is 0 Å². The smallest absolute Gasteiger partial charge is 0.0189 e. The fraction of sp³-hybridized carbons (Fsp3) is 0.714. The first-order valence-corrected chi connectivity index (χ1v) is 6.69. The van der Waals surface area contributed by atoms with Gasteiger partial charge in [-0.05, 0) is 51.9 Å². The molecule has 1 heterocycles. The van der Waals surface area contributed by atoms with Gasteiger partial charge in [-0.15, -0.1) is 0 Å². The van der Waals surface area contributed by atoms with E-state index in [1.807, 2.05) is 7.05 Å². The average molecular weight is 235 g/mol. The minimum absolute atomic E-state index is 0.777. The molecule has 0 spiro atoms. The second kappa shape index (κ2) is 5.58. The quantitative estimate of drug-likeness (QED) is 0.804. The Hall–Kier alpha value is -0.960. The summed E-state index contributed by atoms with van der Waals surface area (Å²) in [6, 6.07) is 0.777. The van der Waals surface area contributed by atoms with Crippen LogP contribution in [0.1, 0.15) is 25.7 Å². The van der Waals surface area contributed by atoms with Crippen molar-refractivity contribution in [1.29, 1.82) is 0 Å². The zero-order chi connectivity index (χ0) is 12.3. The van der Waals surface area contributed by atoms with E-state index >= 15 is 0 Å². The predicted molar refractivity (Wildman–Crippen MR) is 72.7 cm³/mol. The first-order chi connectivity index (χ1) is 8.20. The van der Waals surface area contributed by atoms with Crippen LogP contribution in [0.4, 0.5) is 0 Å². The number of rotatable bonds is 3. The molecule has 17 heavy (non-hydrogen) atoms. The summed E-state index contributed by atoms with van der Waals surface area (Å²) >= 11 is 0. The Balaban J connectivity index is 1.89. The van der Waals surface area contributed by atoms with Gasteiger partial charge in [0.25, 0.3) is 0 Å². The van der Waals surface area contributed by atoms with Crippen LogP contribution in [0.5, 0.6) is 0 Å². The summed E-state index contributed by atoms with van der Waals surface area (Å²) in [6.45, 7) is 2.44. The lowest BCUT2D eigenvalue weighted by atomic mass is 10.0. The van der Waals surface area contributed by atoms with Gasteiger partial charge in [0.1, 0.15) is 0 Å². The number of hydrogen-bond acceptors (Lipinski definition) is 3. The molecular weight excluding hydrogens is 210 g/mol. The highest BCUT2D eigenvalue weighted by Crippen LogP contribution is 2.24. The van der Waals surface area contributed by atoms with Crippen LogP contribution in [0.3, 0.4) is 0 Å². The standard InChI is InChI=1S/C14H25N3/c1-15-12-4-6-14(7-5-12)17-10-8-13(9-11-17)16(2)3/h4,6,13,15H,5,7-11H2,1-3H3. The van der Waals surface area contributed by atoms with Crippen molar-refractivity contribution in [3.8, 4) is 0 Å². The summed E-state index contributed by atoms with van der Waals surface area (Å²) in [5.41, 5.74) is 2.89. The van der Waals surface area contributed by atoms with Crippen molar-refractivity contribution in [2.75, 3.05) is 34.2 Å². The van der Waals surface area contributed by atoms with Gasteiger partial charge in [-0.25, -0.2) is 0 Å². The Morgan fingerprint density at radius 2 is 1.88 bits per heavy atom. The van der Waals surface area contributed by atoms with E-state index in [0.717, 1.165) is 12.5 Å². The van der Waals surface area contributed by atoms with Crippen LogP contribution < -0.4 is 5.32 Å². The largest absolute Gasteiger partial charge is 0.391 e. The second-order valence-corrected chi connectivity index (χ2v) is 5.28. The fourth-order valence-electron chi connectivity index (χ4n) is 2.77. The number of nitrogens with one attached hydrogen (secondary N) is 1. The van der Waals surface area contributed by atoms with Crippen molar-refractivity contribution in [2.45, 2.75) is 31.7 Å². The maximum absolute atomic E-state index is 3.24. The van der Waals surface area contributed by atoms with E-state index < -0.39 is 0 Å².